The smallest absolute Gasteiger partial charge is 0.372 e. The Hall–Kier alpha value is 0.370. The lowest BCUT2D eigenvalue weighted by Crippen LogP contribution is -2.24. The monoisotopic (exact) mass is 437 g/mol. The fraction of sp³-hybridized carbons (Fsp3) is 0.667. The van der Waals surface area contributed by atoms with Crippen LogP contribution in [0.2, 0.25) is 0 Å². The minimum absolute atomic E-state index is 0.00998. The van der Waals surface area contributed by atoms with Crippen molar-refractivity contribution >= 4 is 43.2 Å². The largest absolute Gasteiger partial charge is 0.411 e. The lowest BCUT2D eigenvalue weighted by molar-refractivity contribution is -0.174. The molecule has 0 aromatic carbocycles. The first-order valence-corrected chi connectivity index (χ1v) is 8.56. The van der Waals surface area contributed by atoms with Crippen LogP contribution in [0.4, 0.5) is 13.2 Å². The van der Waals surface area contributed by atoms with Crippen molar-refractivity contribution in [3.63, 3.8) is 0 Å². The summed E-state index contributed by atoms with van der Waals surface area (Å²) in [5.74, 6) is 0. The van der Waals surface area contributed by atoms with Crippen LogP contribution in [-0.2, 0) is 4.74 Å². The van der Waals surface area contributed by atoms with Crippen molar-refractivity contribution in [1.29, 1.82) is 0 Å². The highest BCUT2D eigenvalue weighted by Gasteiger charge is 2.27. The van der Waals surface area contributed by atoms with E-state index in [1.807, 2.05) is 13.0 Å². The van der Waals surface area contributed by atoms with Gasteiger partial charge in [-0.05, 0) is 57.3 Å². The molecule has 116 valence electrons. The standard InChI is InChI=1S/C12H16Br2F3NOS/c1-2-4-18-9(3-5-19-7-12(15,16)17)10-6-8(13)11(14)20-10/h6,9,18H,2-5,7H2,1H3. The third-order valence-electron chi connectivity index (χ3n) is 2.46. The van der Waals surface area contributed by atoms with Gasteiger partial charge in [-0.1, -0.05) is 6.92 Å². The fourth-order valence-corrected chi connectivity index (χ4v) is 3.79. The summed E-state index contributed by atoms with van der Waals surface area (Å²) in [6.07, 6.45) is -2.79. The number of hydrogen-bond donors (Lipinski definition) is 1. The molecule has 0 bridgehead atoms. The van der Waals surface area contributed by atoms with Gasteiger partial charge in [0.1, 0.15) is 6.61 Å². The molecule has 1 aromatic heterocycles. The van der Waals surface area contributed by atoms with Crippen LogP contribution in [0.25, 0.3) is 0 Å². The highest BCUT2D eigenvalue weighted by atomic mass is 79.9. The van der Waals surface area contributed by atoms with Crippen molar-refractivity contribution in [2.24, 2.45) is 0 Å². The molecule has 0 radical (unpaired) electrons. The summed E-state index contributed by atoms with van der Waals surface area (Å²) in [5.41, 5.74) is 0. The fourth-order valence-electron chi connectivity index (χ4n) is 1.59. The maximum atomic E-state index is 12.0. The Morgan fingerprint density at radius 1 is 1.40 bits per heavy atom. The average molecular weight is 439 g/mol. The average Bonchev–Trinajstić information content (AvgIpc) is 2.67. The summed E-state index contributed by atoms with van der Waals surface area (Å²) < 4.78 is 42.7. The molecule has 0 spiro atoms. The van der Waals surface area contributed by atoms with Gasteiger partial charge in [0.05, 0.1) is 3.79 Å². The zero-order valence-electron chi connectivity index (χ0n) is 10.9. The predicted molar refractivity (Wildman–Crippen MR) is 82.2 cm³/mol. The molecule has 1 N–H and O–H groups in total. The summed E-state index contributed by atoms with van der Waals surface area (Å²) in [6.45, 7) is 1.75. The zero-order chi connectivity index (χ0) is 15.2. The van der Waals surface area contributed by atoms with Gasteiger partial charge in [-0.2, -0.15) is 13.2 Å². The van der Waals surface area contributed by atoms with Gasteiger partial charge in [-0.3, -0.25) is 0 Å². The molecule has 1 unspecified atom stereocenters. The first kappa shape index (κ1) is 18.4. The molecule has 0 aliphatic carbocycles. The third kappa shape index (κ3) is 6.89. The molecule has 1 rings (SSSR count). The molecule has 0 saturated carbocycles. The molecule has 1 atom stereocenters. The number of ether oxygens (including phenoxy) is 1. The van der Waals surface area contributed by atoms with E-state index in [-0.39, 0.29) is 12.6 Å². The minimum Gasteiger partial charge on any atom is -0.372 e. The van der Waals surface area contributed by atoms with E-state index in [0.717, 1.165) is 26.1 Å². The molecule has 0 amide bonds. The van der Waals surface area contributed by atoms with Crippen molar-refractivity contribution in [1.82, 2.24) is 5.32 Å². The number of rotatable bonds is 8. The number of thiophene rings is 1. The van der Waals surface area contributed by atoms with Crippen molar-refractivity contribution in [3.8, 4) is 0 Å². The van der Waals surface area contributed by atoms with Gasteiger partial charge in [-0.25, -0.2) is 0 Å². The maximum Gasteiger partial charge on any atom is 0.411 e. The second kappa shape index (κ2) is 8.73. The van der Waals surface area contributed by atoms with Crippen LogP contribution >= 0.6 is 43.2 Å². The number of hydrogen-bond acceptors (Lipinski definition) is 3. The lowest BCUT2D eigenvalue weighted by atomic mass is 10.1. The van der Waals surface area contributed by atoms with Gasteiger partial charge < -0.3 is 10.1 Å². The highest BCUT2D eigenvalue weighted by Crippen LogP contribution is 2.36. The molecular formula is C12H16Br2F3NOS. The zero-order valence-corrected chi connectivity index (χ0v) is 14.9. The van der Waals surface area contributed by atoms with E-state index >= 15 is 0 Å². The molecule has 0 aliphatic rings. The molecule has 0 aliphatic heterocycles. The van der Waals surface area contributed by atoms with E-state index in [4.69, 9.17) is 0 Å². The Morgan fingerprint density at radius 2 is 2.10 bits per heavy atom. The van der Waals surface area contributed by atoms with Gasteiger partial charge in [-0.15, -0.1) is 11.3 Å². The Kier molecular flexibility index (Phi) is 8.04. The van der Waals surface area contributed by atoms with Crippen LogP contribution in [0.3, 0.4) is 0 Å². The molecule has 1 aromatic rings. The summed E-state index contributed by atoms with van der Waals surface area (Å²) >= 11 is 8.41. The Labute approximate surface area is 137 Å². The van der Waals surface area contributed by atoms with Crippen LogP contribution in [0.5, 0.6) is 0 Å². The SMILES string of the molecule is CCCNC(CCOCC(F)(F)F)c1cc(Br)c(Br)s1. The van der Waals surface area contributed by atoms with Crippen LogP contribution < -0.4 is 5.32 Å². The van der Waals surface area contributed by atoms with E-state index < -0.39 is 12.8 Å². The molecule has 20 heavy (non-hydrogen) atoms. The quantitative estimate of drug-likeness (QED) is 0.557. The Morgan fingerprint density at radius 3 is 2.60 bits per heavy atom. The van der Waals surface area contributed by atoms with Crippen LogP contribution in [0.1, 0.15) is 30.7 Å². The maximum absolute atomic E-state index is 12.0. The molecule has 0 fully saturated rings. The highest BCUT2D eigenvalue weighted by molar-refractivity contribution is 9.13. The minimum atomic E-state index is -4.26. The van der Waals surface area contributed by atoms with Gasteiger partial charge in [0, 0.05) is 22.0 Å². The molecule has 1 heterocycles. The molecule has 0 saturated heterocycles. The van der Waals surface area contributed by atoms with E-state index in [1.165, 1.54) is 0 Å². The first-order chi connectivity index (χ1) is 9.33. The topological polar surface area (TPSA) is 21.3 Å². The van der Waals surface area contributed by atoms with Crippen LogP contribution in [-0.4, -0.2) is 25.9 Å². The lowest BCUT2D eigenvalue weighted by Gasteiger charge is -2.17. The first-order valence-electron chi connectivity index (χ1n) is 6.16. The van der Waals surface area contributed by atoms with Gasteiger partial charge in [0.2, 0.25) is 0 Å². The van der Waals surface area contributed by atoms with Crippen molar-refractivity contribution in [2.45, 2.75) is 32.0 Å². The van der Waals surface area contributed by atoms with Gasteiger partial charge in [0.15, 0.2) is 0 Å². The van der Waals surface area contributed by atoms with E-state index in [9.17, 15) is 13.2 Å². The van der Waals surface area contributed by atoms with Crippen LogP contribution in [0, 0.1) is 0 Å². The van der Waals surface area contributed by atoms with E-state index in [2.05, 4.69) is 41.9 Å². The van der Waals surface area contributed by atoms with Crippen molar-refractivity contribution in [2.75, 3.05) is 19.8 Å². The predicted octanol–water partition coefficient (Wildman–Crippen LogP) is 5.28. The Bertz CT molecular complexity index is 392. The molecular weight excluding hydrogens is 423 g/mol. The van der Waals surface area contributed by atoms with Gasteiger partial charge in [0.25, 0.3) is 0 Å². The summed E-state index contributed by atoms with van der Waals surface area (Å²) in [4.78, 5) is 1.08. The normalized spacial score (nSPS) is 13.7. The van der Waals surface area contributed by atoms with Crippen LogP contribution in [0.15, 0.2) is 14.3 Å². The van der Waals surface area contributed by atoms with E-state index in [1.54, 1.807) is 11.3 Å². The number of nitrogens with one attached hydrogen (secondary N) is 1. The number of alkyl halides is 3. The number of halogens is 5. The van der Waals surface area contributed by atoms with Crippen molar-refractivity contribution in [3.05, 3.63) is 19.2 Å². The molecule has 2 nitrogen and oxygen atoms in total. The second-order valence-corrected chi connectivity index (χ2v) is 7.49. The summed E-state index contributed by atoms with van der Waals surface area (Å²) in [7, 11) is 0. The summed E-state index contributed by atoms with van der Waals surface area (Å²) in [6, 6.07) is 1.99. The third-order valence-corrected chi connectivity index (χ3v) is 5.83. The second-order valence-electron chi connectivity index (χ2n) is 4.23. The van der Waals surface area contributed by atoms with E-state index in [0.29, 0.717) is 6.42 Å². The molecule has 8 heteroatoms. The van der Waals surface area contributed by atoms with Crippen molar-refractivity contribution < 1.29 is 17.9 Å². The van der Waals surface area contributed by atoms with Gasteiger partial charge >= 0.3 is 6.18 Å². The Balaban J connectivity index is 2.52. The summed E-state index contributed by atoms with van der Waals surface area (Å²) in [5, 5.41) is 3.33.